The summed E-state index contributed by atoms with van der Waals surface area (Å²) >= 11 is 6.13. The van der Waals surface area contributed by atoms with Gasteiger partial charge >= 0.3 is 5.97 Å². The lowest BCUT2D eigenvalue weighted by atomic mass is 10.0. The molecule has 0 unspecified atom stereocenters. The average molecular weight is 445 g/mol. The smallest absolute Gasteiger partial charge is 0.340 e. The summed E-state index contributed by atoms with van der Waals surface area (Å²) in [6.07, 6.45) is 4.27. The van der Waals surface area contributed by atoms with Crippen molar-refractivity contribution in [3.8, 4) is 11.5 Å². The number of nitrogens with one attached hydrogen (secondary N) is 1. The number of ether oxygens (including phenoxy) is 2. The predicted molar refractivity (Wildman–Crippen MR) is 113 cm³/mol. The molecular formula is C19H15N3O6S2. The van der Waals surface area contributed by atoms with E-state index in [1.54, 1.807) is 0 Å². The number of carbonyl (C=O) groups excluding carboxylic acids is 2. The maximum atomic E-state index is 12.8. The maximum Gasteiger partial charge on any atom is 0.340 e. The Hall–Kier alpha value is -3.44. The molecular weight excluding hydrogens is 430 g/mol. The number of rotatable bonds is 6. The number of aromatic nitrogens is 1. The molecule has 1 saturated heterocycles. The minimum atomic E-state index is -1.25. The third-order valence-corrected chi connectivity index (χ3v) is 5.33. The molecule has 11 heteroatoms. The minimum Gasteiger partial charge on any atom is -0.493 e. The van der Waals surface area contributed by atoms with E-state index in [-0.39, 0.29) is 31.9 Å². The van der Waals surface area contributed by atoms with Crippen LogP contribution in [-0.2, 0) is 4.79 Å². The summed E-state index contributed by atoms with van der Waals surface area (Å²) in [5.41, 5.74) is 2.80. The van der Waals surface area contributed by atoms with E-state index in [0.717, 1.165) is 16.8 Å². The van der Waals surface area contributed by atoms with E-state index < -0.39 is 17.8 Å². The van der Waals surface area contributed by atoms with Gasteiger partial charge in [0.1, 0.15) is 5.56 Å². The maximum absolute atomic E-state index is 12.8. The van der Waals surface area contributed by atoms with E-state index in [2.05, 4.69) is 10.4 Å². The van der Waals surface area contributed by atoms with Crippen LogP contribution in [0.25, 0.3) is 6.08 Å². The molecule has 0 atom stereocenters. The van der Waals surface area contributed by atoms with Gasteiger partial charge < -0.3 is 14.6 Å². The van der Waals surface area contributed by atoms with Gasteiger partial charge in [0.25, 0.3) is 11.8 Å². The summed E-state index contributed by atoms with van der Waals surface area (Å²) in [4.78, 5) is 40.9. The van der Waals surface area contributed by atoms with Crippen LogP contribution in [0.4, 0.5) is 0 Å². The zero-order valence-corrected chi connectivity index (χ0v) is 17.4. The summed E-state index contributed by atoms with van der Waals surface area (Å²) in [7, 11) is 2.71. The summed E-state index contributed by atoms with van der Waals surface area (Å²) in [6.45, 7) is 0. The third-order valence-electron chi connectivity index (χ3n) is 4.03. The Morgan fingerprint density at radius 1 is 1.20 bits per heavy atom. The topological polar surface area (TPSA) is 118 Å². The molecule has 0 radical (unpaired) electrons. The Balaban J connectivity index is 1.92. The van der Waals surface area contributed by atoms with Crippen molar-refractivity contribution >= 4 is 52.2 Å². The van der Waals surface area contributed by atoms with Gasteiger partial charge in [0.15, 0.2) is 15.8 Å². The first-order valence-electron chi connectivity index (χ1n) is 8.34. The predicted octanol–water partition coefficient (Wildman–Crippen LogP) is 2.34. The van der Waals surface area contributed by atoms with Crippen molar-refractivity contribution in [2.45, 2.75) is 0 Å². The van der Waals surface area contributed by atoms with Crippen LogP contribution in [0.2, 0.25) is 0 Å². The van der Waals surface area contributed by atoms with Gasteiger partial charge in [-0.2, -0.15) is 5.01 Å². The molecule has 0 saturated carbocycles. The zero-order chi connectivity index (χ0) is 21.8. The van der Waals surface area contributed by atoms with Crippen molar-refractivity contribution in [2.24, 2.45) is 0 Å². The van der Waals surface area contributed by atoms with Gasteiger partial charge in [0.05, 0.1) is 19.1 Å². The van der Waals surface area contributed by atoms with Crippen LogP contribution in [-0.4, -0.2) is 51.4 Å². The second-order valence-electron chi connectivity index (χ2n) is 5.76. The van der Waals surface area contributed by atoms with Crippen molar-refractivity contribution in [1.82, 2.24) is 15.4 Å². The molecule has 1 aromatic carbocycles. The number of carboxylic acid groups (broad SMARTS) is 1. The summed E-state index contributed by atoms with van der Waals surface area (Å²) in [5, 5.41) is 10.6. The molecule has 1 aromatic heterocycles. The molecule has 0 aliphatic carbocycles. The number of pyridine rings is 1. The molecule has 2 heterocycles. The molecule has 0 spiro atoms. The number of carbonyl (C=O) groups is 3. The normalized spacial score (nSPS) is 14.7. The van der Waals surface area contributed by atoms with Gasteiger partial charge in [0.2, 0.25) is 0 Å². The molecule has 2 aromatic rings. The Morgan fingerprint density at radius 3 is 2.50 bits per heavy atom. The molecule has 154 valence electrons. The SMILES string of the molecule is COc1ccc(/C=C2/SC(=S)N(NC(=O)c3ccncc3)C2=O)c(C(=O)O)c1OC. The molecule has 2 N–H and O–H groups in total. The fourth-order valence-electron chi connectivity index (χ4n) is 2.66. The summed E-state index contributed by atoms with van der Waals surface area (Å²) in [5.74, 6) is -2.10. The summed E-state index contributed by atoms with van der Waals surface area (Å²) < 4.78 is 10.4. The lowest BCUT2D eigenvalue weighted by Crippen LogP contribution is -2.44. The lowest BCUT2D eigenvalue weighted by Gasteiger charge is -2.15. The van der Waals surface area contributed by atoms with Crippen molar-refractivity contribution < 1.29 is 29.0 Å². The van der Waals surface area contributed by atoms with Gasteiger partial charge in [-0.15, -0.1) is 0 Å². The second kappa shape index (κ2) is 8.93. The average Bonchev–Trinajstić information content (AvgIpc) is 3.00. The highest BCUT2D eigenvalue weighted by Crippen LogP contribution is 2.37. The van der Waals surface area contributed by atoms with E-state index in [4.69, 9.17) is 21.7 Å². The van der Waals surface area contributed by atoms with Crippen LogP contribution in [0.1, 0.15) is 26.3 Å². The van der Waals surface area contributed by atoms with E-state index in [1.807, 2.05) is 0 Å². The Labute approximate surface area is 180 Å². The van der Waals surface area contributed by atoms with Crippen molar-refractivity contribution in [1.29, 1.82) is 0 Å². The van der Waals surface area contributed by atoms with Crippen LogP contribution >= 0.6 is 24.0 Å². The van der Waals surface area contributed by atoms with Crippen LogP contribution in [0, 0.1) is 0 Å². The lowest BCUT2D eigenvalue weighted by molar-refractivity contribution is -0.123. The van der Waals surface area contributed by atoms with Crippen LogP contribution in [0.15, 0.2) is 41.6 Å². The summed E-state index contributed by atoms with van der Waals surface area (Å²) in [6, 6.07) is 6.01. The minimum absolute atomic E-state index is 0.0280. The van der Waals surface area contributed by atoms with E-state index >= 15 is 0 Å². The number of carboxylic acids is 1. The number of nitrogens with zero attached hydrogens (tertiary/aromatic N) is 2. The van der Waals surface area contributed by atoms with Crippen LogP contribution in [0.3, 0.4) is 0 Å². The number of hydrazine groups is 1. The monoisotopic (exact) mass is 445 g/mol. The van der Waals surface area contributed by atoms with E-state index in [9.17, 15) is 19.5 Å². The van der Waals surface area contributed by atoms with Crippen molar-refractivity contribution in [3.05, 3.63) is 58.3 Å². The van der Waals surface area contributed by atoms with Gasteiger partial charge in [0, 0.05) is 18.0 Å². The number of thioether (sulfide) groups is 1. The number of benzene rings is 1. The molecule has 3 rings (SSSR count). The van der Waals surface area contributed by atoms with E-state index in [1.165, 1.54) is 57.0 Å². The van der Waals surface area contributed by atoms with Gasteiger partial charge in [-0.05, 0) is 42.1 Å². The number of aromatic carboxylic acids is 1. The van der Waals surface area contributed by atoms with Gasteiger partial charge in [-0.3, -0.25) is 20.0 Å². The first kappa shape index (κ1) is 21.3. The molecule has 1 aliphatic heterocycles. The zero-order valence-electron chi connectivity index (χ0n) is 15.7. The molecule has 1 fully saturated rings. The first-order valence-corrected chi connectivity index (χ1v) is 9.57. The molecule has 30 heavy (non-hydrogen) atoms. The Bertz CT molecular complexity index is 1070. The van der Waals surface area contributed by atoms with Crippen LogP contribution < -0.4 is 14.9 Å². The number of thiocarbonyl (C=S) groups is 1. The fourth-order valence-corrected chi connectivity index (χ4v) is 3.83. The third kappa shape index (κ3) is 4.11. The van der Waals surface area contributed by atoms with Crippen molar-refractivity contribution in [2.75, 3.05) is 14.2 Å². The Kier molecular flexibility index (Phi) is 6.33. The fraction of sp³-hybridized carbons (Fsp3) is 0.105. The molecule has 9 nitrogen and oxygen atoms in total. The largest absolute Gasteiger partial charge is 0.493 e. The highest BCUT2D eigenvalue weighted by atomic mass is 32.2. The second-order valence-corrected chi connectivity index (χ2v) is 7.44. The van der Waals surface area contributed by atoms with Crippen molar-refractivity contribution in [3.63, 3.8) is 0 Å². The van der Waals surface area contributed by atoms with Gasteiger partial charge in [-0.1, -0.05) is 17.8 Å². The number of hydrogen-bond donors (Lipinski definition) is 2. The first-order chi connectivity index (χ1) is 14.4. The van der Waals surface area contributed by atoms with E-state index in [0.29, 0.717) is 5.56 Å². The highest BCUT2D eigenvalue weighted by Gasteiger charge is 2.34. The Morgan fingerprint density at radius 2 is 1.90 bits per heavy atom. The number of methoxy groups -OCH3 is 2. The number of amides is 2. The van der Waals surface area contributed by atoms with Gasteiger partial charge in [-0.25, -0.2) is 4.79 Å². The standard InChI is InChI=1S/C19H15N3O6S2/c1-27-12-4-3-11(14(18(25)26)15(12)28-2)9-13-17(24)22(19(29)30-13)21-16(23)10-5-7-20-8-6-10/h3-9H,1-2H3,(H,21,23)(H,25,26)/b13-9+. The van der Waals surface area contributed by atoms with Crippen LogP contribution in [0.5, 0.6) is 11.5 Å². The number of hydrogen-bond acceptors (Lipinski definition) is 8. The molecule has 1 aliphatic rings. The molecule has 2 amide bonds. The molecule has 0 bridgehead atoms. The highest BCUT2D eigenvalue weighted by molar-refractivity contribution is 8.26. The quantitative estimate of drug-likeness (QED) is 0.510.